The van der Waals surface area contributed by atoms with Crippen molar-refractivity contribution in [2.45, 2.75) is 9.92 Å². The number of ether oxygens (including phenoxy) is 2. The molecule has 0 fully saturated rings. The van der Waals surface area contributed by atoms with Crippen molar-refractivity contribution in [3.8, 4) is 11.5 Å². The molecule has 0 saturated carbocycles. The van der Waals surface area contributed by atoms with E-state index >= 15 is 0 Å². The molecule has 1 heterocycles. The van der Waals surface area contributed by atoms with Gasteiger partial charge in [0, 0.05) is 33.8 Å². The van der Waals surface area contributed by atoms with Crippen molar-refractivity contribution in [3.05, 3.63) is 72.6 Å². The second-order valence-corrected chi connectivity index (χ2v) is 8.21. The Morgan fingerprint density at radius 2 is 1.61 bits per heavy atom. The summed E-state index contributed by atoms with van der Waals surface area (Å²) in [4.78, 5) is 9.66. The minimum atomic E-state index is -0.951. The number of benzene rings is 3. The molecule has 0 spiro atoms. The topological polar surface area (TPSA) is 68.3 Å². The first-order valence-corrected chi connectivity index (χ1v) is 10.9. The molecule has 0 aliphatic rings. The van der Waals surface area contributed by atoms with Crippen molar-refractivity contribution < 1.29 is 18.3 Å². The maximum absolute atomic E-state index is 13.4. The van der Waals surface area contributed by atoms with Crippen LogP contribution < -0.4 is 20.1 Å². The Morgan fingerprint density at radius 1 is 0.879 bits per heavy atom. The third-order valence-electron chi connectivity index (χ3n) is 4.59. The number of thiocarbonyl (C=S) groups is 1. The number of anilines is 2. The summed E-state index contributed by atoms with van der Waals surface area (Å²) in [7, 11) is 3.15. The minimum absolute atomic E-state index is 0.243. The number of halogens is 2. The zero-order valence-corrected chi connectivity index (χ0v) is 19.2. The van der Waals surface area contributed by atoms with Gasteiger partial charge in [-0.25, -0.2) is 18.7 Å². The normalized spacial score (nSPS) is 10.7. The van der Waals surface area contributed by atoms with E-state index in [4.69, 9.17) is 21.7 Å². The van der Waals surface area contributed by atoms with Crippen LogP contribution in [-0.4, -0.2) is 29.3 Å². The van der Waals surface area contributed by atoms with Crippen molar-refractivity contribution in [3.63, 3.8) is 0 Å². The number of hydrogen-bond donors (Lipinski definition) is 2. The van der Waals surface area contributed by atoms with E-state index in [0.29, 0.717) is 17.2 Å². The molecule has 4 aromatic rings. The number of fused-ring (bicyclic) bond motifs is 1. The predicted molar refractivity (Wildman–Crippen MR) is 129 cm³/mol. The molecule has 1 aromatic heterocycles. The number of aromatic nitrogens is 2. The first kappa shape index (κ1) is 22.7. The number of nitrogens with zero attached hydrogens (tertiary/aromatic N) is 2. The lowest BCUT2D eigenvalue weighted by Crippen LogP contribution is -2.19. The molecule has 4 rings (SSSR count). The highest BCUT2D eigenvalue weighted by molar-refractivity contribution is 7.99. The molecule has 0 unspecified atom stereocenters. The average molecular weight is 485 g/mol. The molecule has 0 radical (unpaired) electrons. The van der Waals surface area contributed by atoms with Gasteiger partial charge in [0.15, 0.2) is 28.2 Å². The van der Waals surface area contributed by atoms with Gasteiger partial charge in [-0.05, 0) is 48.6 Å². The van der Waals surface area contributed by atoms with Crippen LogP contribution in [-0.2, 0) is 0 Å². The van der Waals surface area contributed by atoms with Crippen LogP contribution in [0.3, 0.4) is 0 Å². The molecule has 0 bridgehead atoms. The predicted octanol–water partition coefficient (Wildman–Crippen LogP) is 5.89. The van der Waals surface area contributed by atoms with Gasteiger partial charge in [-0.1, -0.05) is 17.8 Å². The first-order valence-electron chi connectivity index (χ1n) is 9.64. The van der Waals surface area contributed by atoms with Gasteiger partial charge in [0.25, 0.3) is 0 Å². The molecule has 0 aliphatic carbocycles. The van der Waals surface area contributed by atoms with Gasteiger partial charge >= 0.3 is 0 Å². The van der Waals surface area contributed by atoms with Crippen LogP contribution in [0.15, 0.2) is 70.8 Å². The van der Waals surface area contributed by atoms with E-state index in [1.165, 1.54) is 24.2 Å². The van der Waals surface area contributed by atoms with Crippen LogP contribution in [0.25, 0.3) is 10.9 Å². The zero-order chi connectivity index (χ0) is 23.4. The lowest BCUT2D eigenvalue weighted by Gasteiger charge is -2.12. The molecular weight excluding hydrogens is 466 g/mol. The third kappa shape index (κ3) is 5.29. The van der Waals surface area contributed by atoms with Gasteiger partial charge in [-0.2, -0.15) is 0 Å². The molecule has 6 nitrogen and oxygen atoms in total. The summed E-state index contributed by atoms with van der Waals surface area (Å²) in [5.74, 6) is -0.691. The summed E-state index contributed by atoms with van der Waals surface area (Å²) < 4.78 is 37.3. The van der Waals surface area contributed by atoms with Gasteiger partial charge in [-0.15, -0.1) is 0 Å². The summed E-state index contributed by atoms with van der Waals surface area (Å²) in [6, 6.07) is 14.7. The van der Waals surface area contributed by atoms with Gasteiger partial charge in [0.1, 0.15) is 11.4 Å². The standard InChI is InChI=1S/C23H18F2N4O2S2/c1-30-20-10-16-19(11-21(20)31-2)26-12-27-22(16)33-15-5-3-4-13(8-15)28-23(32)29-14-6-7-17(24)18(25)9-14/h3-12H,1-2H3,(H2,28,29,32). The Balaban J connectivity index is 1.53. The maximum Gasteiger partial charge on any atom is 0.175 e. The number of rotatable bonds is 6. The van der Waals surface area contributed by atoms with Crippen LogP contribution in [0.5, 0.6) is 11.5 Å². The van der Waals surface area contributed by atoms with E-state index in [1.807, 2.05) is 30.3 Å². The van der Waals surface area contributed by atoms with Crippen LogP contribution in [0.4, 0.5) is 20.2 Å². The van der Waals surface area contributed by atoms with E-state index < -0.39 is 11.6 Å². The Bertz CT molecular complexity index is 1340. The molecule has 2 N–H and O–H groups in total. The quantitative estimate of drug-likeness (QED) is 0.260. The largest absolute Gasteiger partial charge is 0.493 e. The summed E-state index contributed by atoms with van der Waals surface area (Å²) in [6.45, 7) is 0. The van der Waals surface area contributed by atoms with Crippen molar-refractivity contribution in [2.75, 3.05) is 24.9 Å². The SMILES string of the molecule is COc1cc2ncnc(Sc3cccc(NC(=S)Nc4ccc(F)c(F)c4)c3)c2cc1OC. The lowest BCUT2D eigenvalue weighted by atomic mass is 10.2. The Kier molecular flexibility index (Phi) is 6.85. The van der Waals surface area contributed by atoms with Crippen LogP contribution in [0.1, 0.15) is 0 Å². The molecule has 168 valence electrons. The maximum atomic E-state index is 13.4. The van der Waals surface area contributed by atoms with E-state index in [1.54, 1.807) is 20.3 Å². The van der Waals surface area contributed by atoms with Crippen molar-refractivity contribution in [2.24, 2.45) is 0 Å². The second-order valence-electron chi connectivity index (χ2n) is 6.74. The molecule has 0 atom stereocenters. The summed E-state index contributed by atoms with van der Waals surface area (Å²) in [5.41, 5.74) is 1.79. The minimum Gasteiger partial charge on any atom is -0.493 e. The van der Waals surface area contributed by atoms with Crippen molar-refractivity contribution in [1.82, 2.24) is 9.97 Å². The Labute approximate surface area is 198 Å². The van der Waals surface area contributed by atoms with Crippen LogP contribution in [0.2, 0.25) is 0 Å². The number of nitrogens with one attached hydrogen (secondary N) is 2. The highest BCUT2D eigenvalue weighted by Gasteiger charge is 2.12. The van der Waals surface area contributed by atoms with Gasteiger partial charge in [-0.3, -0.25) is 0 Å². The van der Waals surface area contributed by atoms with Crippen LogP contribution >= 0.6 is 24.0 Å². The fourth-order valence-corrected chi connectivity index (χ4v) is 4.22. The van der Waals surface area contributed by atoms with E-state index in [9.17, 15) is 8.78 Å². The molecule has 0 aliphatic heterocycles. The zero-order valence-electron chi connectivity index (χ0n) is 17.6. The third-order valence-corrected chi connectivity index (χ3v) is 5.80. The van der Waals surface area contributed by atoms with Crippen LogP contribution in [0, 0.1) is 11.6 Å². The number of hydrogen-bond acceptors (Lipinski definition) is 6. The van der Waals surface area contributed by atoms with Gasteiger partial charge in [0.05, 0.1) is 19.7 Å². The average Bonchev–Trinajstić information content (AvgIpc) is 2.81. The molecule has 0 amide bonds. The highest BCUT2D eigenvalue weighted by Crippen LogP contribution is 2.37. The molecule has 0 saturated heterocycles. The Hall–Kier alpha value is -3.50. The summed E-state index contributed by atoms with van der Waals surface area (Å²) >= 11 is 6.75. The first-order chi connectivity index (χ1) is 16.0. The molecule has 3 aromatic carbocycles. The monoisotopic (exact) mass is 484 g/mol. The molecule has 10 heteroatoms. The van der Waals surface area contributed by atoms with E-state index in [0.717, 1.165) is 38.6 Å². The molecule has 33 heavy (non-hydrogen) atoms. The van der Waals surface area contributed by atoms with Gasteiger partial charge < -0.3 is 20.1 Å². The molecular formula is C23H18F2N4O2S2. The summed E-state index contributed by atoms with van der Waals surface area (Å²) in [5, 5.41) is 7.70. The summed E-state index contributed by atoms with van der Waals surface area (Å²) in [6.07, 6.45) is 1.50. The second kappa shape index (κ2) is 9.97. The van der Waals surface area contributed by atoms with Crippen molar-refractivity contribution >= 4 is 51.4 Å². The van der Waals surface area contributed by atoms with E-state index in [-0.39, 0.29) is 5.11 Å². The smallest absolute Gasteiger partial charge is 0.175 e. The number of methoxy groups -OCH3 is 2. The van der Waals surface area contributed by atoms with E-state index in [2.05, 4.69) is 20.6 Å². The van der Waals surface area contributed by atoms with Crippen molar-refractivity contribution in [1.29, 1.82) is 0 Å². The highest BCUT2D eigenvalue weighted by atomic mass is 32.2. The fraction of sp³-hybridized carbons (Fsp3) is 0.0870. The lowest BCUT2D eigenvalue weighted by molar-refractivity contribution is 0.355. The fourth-order valence-electron chi connectivity index (χ4n) is 3.06. The Morgan fingerprint density at radius 3 is 2.33 bits per heavy atom. The van der Waals surface area contributed by atoms with Gasteiger partial charge in [0.2, 0.25) is 0 Å².